The van der Waals surface area contributed by atoms with Crippen molar-refractivity contribution in [3.05, 3.63) is 65.2 Å². The minimum Gasteiger partial charge on any atom is -0.496 e. The third-order valence-corrected chi connectivity index (χ3v) is 3.81. The molecular formula is C17H19NO. The maximum atomic E-state index is 5.48. The second-order valence-electron chi connectivity index (χ2n) is 5.07. The summed E-state index contributed by atoms with van der Waals surface area (Å²) in [5, 5.41) is 3.62. The van der Waals surface area contributed by atoms with Crippen molar-refractivity contribution < 1.29 is 4.74 Å². The van der Waals surface area contributed by atoms with Crippen LogP contribution >= 0.6 is 0 Å². The molecule has 0 radical (unpaired) electrons. The molecule has 3 rings (SSSR count). The summed E-state index contributed by atoms with van der Waals surface area (Å²) in [6.07, 6.45) is 2.10. The molecule has 1 aliphatic heterocycles. The number of fused-ring (bicyclic) bond motifs is 1. The highest BCUT2D eigenvalue weighted by Gasteiger charge is 2.20. The van der Waals surface area contributed by atoms with Crippen molar-refractivity contribution in [3.63, 3.8) is 0 Å². The van der Waals surface area contributed by atoms with Crippen LogP contribution in [-0.4, -0.2) is 13.2 Å². The molecular weight excluding hydrogens is 234 g/mol. The Labute approximate surface area is 114 Å². The predicted molar refractivity (Wildman–Crippen MR) is 77.5 cm³/mol. The summed E-state index contributed by atoms with van der Waals surface area (Å²) >= 11 is 0. The Balaban J connectivity index is 1.78. The molecule has 0 spiro atoms. The van der Waals surface area contributed by atoms with E-state index in [-0.39, 0.29) is 0 Å². The summed E-state index contributed by atoms with van der Waals surface area (Å²) in [7, 11) is 1.75. The van der Waals surface area contributed by atoms with E-state index in [2.05, 4.69) is 53.8 Å². The minimum absolute atomic E-state index is 0.492. The van der Waals surface area contributed by atoms with E-state index >= 15 is 0 Å². The number of methoxy groups -OCH3 is 1. The van der Waals surface area contributed by atoms with E-state index in [1.165, 1.54) is 16.7 Å². The average molecular weight is 253 g/mol. The van der Waals surface area contributed by atoms with E-state index in [0.717, 1.165) is 25.1 Å². The number of hydrogen-bond acceptors (Lipinski definition) is 2. The van der Waals surface area contributed by atoms with Gasteiger partial charge in [-0.15, -0.1) is 0 Å². The van der Waals surface area contributed by atoms with Crippen LogP contribution in [0.5, 0.6) is 5.75 Å². The van der Waals surface area contributed by atoms with Gasteiger partial charge in [0.15, 0.2) is 0 Å². The number of benzene rings is 2. The SMILES string of the molecule is COc1cccc2c1CC(Cc1ccccc1)NC2. The van der Waals surface area contributed by atoms with Gasteiger partial charge in [0.05, 0.1) is 7.11 Å². The van der Waals surface area contributed by atoms with E-state index in [4.69, 9.17) is 4.74 Å². The van der Waals surface area contributed by atoms with Crippen LogP contribution in [0.1, 0.15) is 16.7 Å². The maximum Gasteiger partial charge on any atom is 0.122 e. The number of rotatable bonds is 3. The van der Waals surface area contributed by atoms with Gasteiger partial charge >= 0.3 is 0 Å². The maximum absolute atomic E-state index is 5.48. The average Bonchev–Trinajstić information content (AvgIpc) is 2.47. The normalized spacial score (nSPS) is 17.8. The molecule has 0 amide bonds. The first-order valence-electron chi connectivity index (χ1n) is 6.79. The van der Waals surface area contributed by atoms with E-state index in [9.17, 15) is 0 Å². The van der Waals surface area contributed by atoms with Gasteiger partial charge in [-0.2, -0.15) is 0 Å². The van der Waals surface area contributed by atoms with Gasteiger partial charge in [0, 0.05) is 18.2 Å². The van der Waals surface area contributed by atoms with Gasteiger partial charge in [-0.25, -0.2) is 0 Å². The molecule has 1 heterocycles. The van der Waals surface area contributed by atoms with Gasteiger partial charge in [-0.3, -0.25) is 0 Å². The molecule has 1 aliphatic rings. The second kappa shape index (κ2) is 5.45. The Morgan fingerprint density at radius 1 is 1.11 bits per heavy atom. The fourth-order valence-corrected chi connectivity index (χ4v) is 2.82. The lowest BCUT2D eigenvalue weighted by Crippen LogP contribution is -2.37. The van der Waals surface area contributed by atoms with Crippen LogP contribution in [0.3, 0.4) is 0 Å². The lowest BCUT2D eigenvalue weighted by molar-refractivity contribution is 0.395. The van der Waals surface area contributed by atoms with Crippen LogP contribution in [0, 0.1) is 0 Å². The highest BCUT2D eigenvalue weighted by Crippen LogP contribution is 2.27. The quantitative estimate of drug-likeness (QED) is 0.908. The number of ether oxygens (including phenoxy) is 1. The van der Waals surface area contributed by atoms with Crippen molar-refractivity contribution in [1.82, 2.24) is 5.32 Å². The van der Waals surface area contributed by atoms with Crippen molar-refractivity contribution >= 4 is 0 Å². The van der Waals surface area contributed by atoms with Gasteiger partial charge in [0.1, 0.15) is 5.75 Å². The molecule has 1 unspecified atom stereocenters. The second-order valence-corrected chi connectivity index (χ2v) is 5.07. The molecule has 2 aromatic carbocycles. The summed E-state index contributed by atoms with van der Waals surface area (Å²) < 4.78 is 5.48. The number of hydrogen-bond donors (Lipinski definition) is 1. The fraction of sp³-hybridized carbons (Fsp3) is 0.294. The zero-order valence-electron chi connectivity index (χ0n) is 11.2. The van der Waals surface area contributed by atoms with Crippen LogP contribution in [0.4, 0.5) is 0 Å². The highest BCUT2D eigenvalue weighted by atomic mass is 16.5. The van der Waals surface area contributed by atoms with Crippen LogP contribution in [0.15, 0.2) is 48.5 Å². The summed E-state index contributed by atoms with van der Waals surface area (Å²) in [5.41, 5.74) is 4.12. The smallest absolute Gasteiger partial charge is 0.122 e. The molecule has 2 nitrogen and oxygen atoms in total. The number of nitrogens with one attached hydrogen (secondary N) is 1. The molecule has 98 valence electrons. The van der Waals surface area contributed by atoms with Crippen molar-refractivity contribution in [1.29, 1.82) is 0 Å². The molecule has 2 heteroatoms. The van der Waals surface area contributed by atoms with Gasteiger partial charge in [0.2, 0.25) is 0 Å². The first-order valence-corrected chi connectivity index (χ1v) is 6.79. The Morgan fingerprint density at radius 2 is 1.95 bits per heavy atom. The van der Waals surface area contributed by atoms with Gasteiger partial charge in [-0.1, -0.05) is 42.5 Å². The van der Waals surface area contributed by atoms with Gasteiger partial charge < -0.3 is 10.1 Å². The molecule has 19 heavy (non-hydrogen) atoms. The van der Waals surface area contributed by atoms with Crippen LogP contribution in [0.2, 0.25) is 0 Å². The van der Waals surface area contributed by atoms with Crippen molar-refractivity contribution in [3.8, 4) is 5.75 Å². The first-order chi connectivity index (χ1) is 9.36. The van der Waals surface area contributed by atoms with Crippen LogP contribution in [0.25, 0.3) is 0 Å². The van der Waals surface area contributed by atoms with Crippen LogP contribution in [-0.2, 0) is 19.4 Å². The fourth-order valence-electron chi connectivity index (χ4n) is 2.82. The summed E-state index contributed by atoms with van der Waals surface area (Å²) in [6.45, 7) is 0.935. The monoisotopic (exact) mass is 253 g/mol. The summed E-state index contributed by atoms with van der Waals surface area (Å²) in [4.78, 5) is 0. The Hall–Kier alpha value is -1.80. The first kappa shape index (κ1) is 12.2. The van der Waals surface area contributed by atoms with E-state index in [0.29, 0.717) is 6.04 Å². The Morgan fingerprint density at radius 3 is 2.74 bits per heavy atom. The molecule has 0 saturated carbocycles. The summed E-state index contributed by atoms with van der Waals surface area (Å²) in [6, 6.07) is 17.5. The largest absolute Gasteiger partial charge is 0.496 e. The van der Waals surface area contributed by atoms with E-state index in [1.807, 2.05) is 0 Å². The lowest BCUT2D eigenvalue weighted by Gasteiger charge is -2.27. The van der Waals surface area contributed by atoms with Crippen molar-refractivity contribution in [2.24, 2.45) is 0 Å². The van der Waals surface area contributed by atoms with Crippen molar-refractivity contribution in [2.45, 2.75) is 25.4 Å². The molecule has 2 aromatic rings. The zero-order valence-corrected chi connectivity index (χ0v) is 11.2. The van der Waals surface area contributed by atoms with Crippen LogP contribution < -0.4 is 10.1 Å². The molecule has 0 saturated heterocycles. The van der Waals surface area contributed by atoms with Crippen molar-refractivity contribution in [2.75, 3.05) is 7.11 Å². The lowest BCUT2D eigenvalue weighted by atomic mass is 9.91. The molecule has 1 atom stereocenters. The minimum atomic E-state index is 0.492. The van der Waals surface area contributed by atoms with Gasteiger partial charge in [0.25, 0.3) is 0 Å². The topological polar surface area (TPSA) is 21.3 Å². The highest BCUT2D eigenvalue weighted by molar-refractivity contribution is 5.42. The zero-order chi connectivity index (χ0) is 13.1. The van der Waals surface area contributed by atoms with Gasteiger partial charge in [-0.05, 0) is 30.0 Å². The Bertz CT molecular complexity index is 536. The predicted octanol–water partition coefficient (Wildman–Crippen LogP) is 2.95. The molecule has 0 fully saturated rings. The van der Waals surface area contributed by atoms with E-state index in [1.54, 1.807) is 7.11 Å². The molecule has 0 bridgehead atoms. The standard InChI is InChI=1S/C17H19NO/c1-19-17-9-5-8-14-12-18-15(11-16(14)17)10-13-6-3-2-4-7-13/h2-9,15,18H,10-12H2,1H3. The molecule has 0 aromatic heterocycles. The molecule has 1 N–H and O–H groups in total. The van der Waals surface area contributed by atoms with E-state index < -0.39 is 0 Å². The molecule has 0 aliphatic carbocycles. The Kier molecular flexibility index (Phi) is 3.51. The third kappa shape index (κ3) is 2.64. The third-order valence-electron chi connectivity index (χ3n) is 3.81. The summed E-state index contributed by atoms with van der Waals surface area (Å²) in [5.74, 6) is 1.03.